The summed E-state index contributed by atoms with van der Waals surface area (Å²) in [4.78, 5) is 28.9. The molecule has 1 aromatic heterocycles. The number of unbranched alkanes of at least 4 members (excludes halogenated alkanes) is 2. The summed E-state index contributed by atoms with van der Waals surface area (Å²) in [5, 5.41) is 13.2. The minimum Gasteiger partial charge on any atom is -0.507 e. The second-order valence-corrected chi connectivity index (χ2v) is 9.45. The van der Waals surface area contributed by atoms with Crippen molar-refractivity contribution in [2.24, 2.45) is 0 Å². The summed E-state index contributed by atoms with van der Waals surface area (Å²) in [6.07, 6.45) is 3.23. The van der Waals surface area contributed by atoms with Gasteiger partial charge < -0.3 is 9.84 Å². The van der Waals surface area contributed by atoms with Gasteiger partial charge in [-0.05, 0) is 73.2 Å². The van der Waals surface area contributed by atoms with Gasteiger partial charge in [0, 0.05) is 16.1 Å². The quantitative estimate of drug-likeness (QED) is 0.173. The third kappa shape index (κ3) is 4.50. The highest BCUT2D eigenvalue weighted by Gasteiger charge is 2.48. The number of carbonyl (C=O) groups excluding carboxylic acids is 2. The van der Waals surface area contributed by atoms with Crippen LogP contribution in [0.2, 0.25) is 0 Å². The molecule has 0 saturated carbocycles. The average Bonchev–Trinajstić information content (AvgIpc) is 3.37. The summed E-state index contributed by atoms with van der Waals surface area (Å²) in [6, 6.07) is 15.8. The molecule has 0 spiro atoms. The maximum absolute atomic E-state index is 13.3. The monoisotopic (exact) mass is 475 g/mol. The molecule has 6 heteroatoms. The first-order valence-electron chi connectivity index (χ1n) is 11.6. The lowest BCUT2D eigenvalue weighted by Crippen LogP contribution is -2.30. The number of amides is 1. The van der Waals surface area contributed by atoms with Crippen LogP contribution in [0.5, 0.6) is 5.75 Å². The number of Topliss-reactive ketones (excluding diaryl/α,β-unsaturated/α-hetero) is 1. The number of hydrogen-bond donors (Lipinski definition) is 1. The predicted molar refractivity (Wildman–Crippen MR) is 136 cm³/mol. The van der Waals surface area contributed by atoms with E-state index >= 15 is 0 Å². The molecule has 1 N–H and O–H groups in total. The molecule has 1 fully saturated rings. The van der Waals surface area contributed by atoms with Crippen molar-refractivity contribution < 1.29 is 19.4 Å². The molecule has 176 valence electrons. The van der Waals surface area contributed by atoms with Crippen LogP contribution in [-0.4, -0.2) is 23.4 Å². The highest BCUT2D eigenvalue weighted by atomic mass is 32.1. The zero-order chi connectivity index (χ0) is 24.2. The van der Waals surface area contributed by atoms with Gasteiger partial charge in [0.1, 0.15) is 17.6 Å². The van der Waals surface area contributed by atoms with E-state index in [1.54, 1.807) is 24.3 Å². The molecule has 5 nitrogen and oxygen atoms in total. The molecule has 4 rings (SSSR count). The van der Waals surface area contributed by atoms with Crippen LogP contribution in [0.3, 0.4) is 0 Å². The van der Waals surface area contributed by atoms with Crippen molar-refractivity contribution in [3.8, 4) is 5.75 Å². The Morgan fingerprint density at radius 1 is 1.00 bits per heavy atom. The number of aryl methyl sites for hydroxylation is 2. The Labute approximate surface area is 204 Å². The molecule has 3 aromatic rings. The molecule has 1 aliphatic heterocycles. The first-order chi connectivity index (χ1) is 16.4. The topological polar surface area (TPSA) is 66.8 Å². The Bertz CT molecular complexity index is 1230. The summed E-state index contributed by atoms with van der Waals surface area (Å²) in [5.41, 5.74) is 3.10. The summed E-state index contributed by atoms with van der Waals surface area (Å²) >= 11 is 1.48. The molecule has 0 aliphatic carbocycles. The van der Waals surface area contributed by atoms with Crippen molar-refractivity contribution in [2.75, 3.05) is 11.5 Å². The van der Waals surface area contributed by atoms with Gasteiger partial charge in [0.2, 0.25) is 0 Å². The first-order valence-corrected chi connectivity index (χ1v) is 12.5. The average molecular weight is 476 g/mol. The van der Waals surface area contributed by atoms with Crippen LogP contribution < -0.4 is 9.64 Å². The van der Waals surface area contributed by atoms with Crippen LogP contribution in [0.15, 0.2) is 65.6 Å². The minimum atomic E-state index is -0.689. The van der Waals surface area contributed by atoms with Crippen molar-refractivity contribution >= 4 is 34.5 Å². The zero-order valence-electron chi connectivity index (χ0n) is 19.7. The number of nitrogens with zero attached hydrogens (tertiary/aromatic N) is 1. The molecule has 1 unspecified atom stereocenters. The Kier molecular flexibility index (Phi) is 7.17. The smallest absolute Gasteiger partial charge is 0.300 e. The predicted octanol–water partition coefficient (Wildman–Crippen LogP) is 6.56. The zero-order valence-corrected chi connectivity index (χ0v) is 20.5. The van der Waals surface area contributed by atoms with Crippen molar-refractivity contribution in [2.45, 2.75) is 46.1 Å². The Morgan fingerprint density at radius 2 is 1.74 bits per heavy atom. The molecule has 2 heterocycles. The maximum atomic E-state index is 13.3. The number of benzene rings is 2. The van der Waals surface area contributed by atoms with Crippen molar-refractivity contribution in [1.29, 1.82) is 0 Å². The number of hydrogen-bond acceptors (Lipinski definition) is 5. The van der Waals surface area contributed by atoms with E-state index in [2.05, 4.69) is 6.92 Å². The van der Waals surface area contributed by atoms with Crippen LogP contribution >= 0.6 is 11.3 Å². The van der Waals surface area contributed by atoms with Crippen LogP contribution in [0.1, 0.15) is 53.8 Å². The highest BCUT2D eigenvalue weighted by Crippen LogP contribution is 2.45. The van der Waals surface area contributed by atoms with Crippen molar-refractivity contribution in [1.82, 2.24) is 0 Å². The molecule has 0 bridgehead atoms. The summed E-state index contributed by atoms with van der Waals surface area (Å²) in [5.74, 6) is -0.786. The number of thiophene rings is 1. The maximum Gasteiger partial charge on any atom is 0.300 e. The fraction of sp³-hybridized carbons (Fsp3) is 0.286. The number of rotatable bonds is 8. The fourth-order valence-electron chi connectivity index (χ4n) is 4.23. The SMILES string of the molecule is CCCCCOc1ccc(/C(O)=C2/C(=O)C(=O)N(c3ccccc3C)C2c2sccc2C)cc1. The lowest BCUT2D eigenvalue weighted by Gasteiger charge is -2.26. The molecule has 1 saturated heterocycles. The van der Waals surface area contributed by atoms with Gasteiger partial charge in [-0.25, -0.2) is 0 Å². The molecule has 0 radical (unpaired) electrons. The van der Waals surface area contributed by atoms with E-state index in [1.807, 2.05) is 49.6 Å². The van der Waals surface area contributed by atoms with E-state index in [9.17, 15) is 14.7 Å². The number of ether oxygens (including phenoxy) is 1. The Morgan fingerprint density at radius 3 is 2.38 bits per heavy atom. The van der Waals surface area contributed by atoms with E-state index in [4.69, 9.17) is 4.74 Å². The van der Waals surface area contributed by atoms with E-state index in [0.717, 1.165) is 35.3 Å². The number of aliphatic hydroxyl groups excluding tert-OH is 1. The lowest BCUT2D eigenvalue weighted by molar-refractivity contribution is -0.132. The van der Waals surface area contributed by atoms with Crippen LogP contribution in [0.25, 0.3) is 5.76 Å². The third-order valence-corrected chi connectivity index (χ3v) is 7.19. The van der Waals surface area contributed by atoms with Gasteiger partial charge in [-0.1, -0.05) is 38.0 Å². The Hall–Kier alpha value is -3.38. The molecule has 34 heavy (non-hydrogen) atoms. The molecule has 1 amide bonds. The summed E-state index contributed by atoms with van der Waals surface area (Å²) in [6.45, 7) is 6.64. The normalized spacial score (nSPS) is 17.4. The molecule has 2 aromatic carbocycles. The highest BCUT2D eigenvalue weighted by molar-refractivity contribution is 7.10. The number of carbonyl (C=O) groups is 2. The van der Waals surface area contributed by atoms with Gasteiger partial charge in [0.15, 0.2) is 0 Å². The molecular formula is C28H29NO4S. The fourth-order valence-corrected chi connectivity index (χ4v) is 5.26. The molecular weight excluding hydrogens is 446 g/mol. The van der Waals surface area contributed by atoms with Gasteiger partial charge >= 0.3 is 0 Å². The third-order valence-electron chi connectivity index (χ3n) is 6.11. The van der Waals surface area contributed by atoms with Gasteiger partial charge in [-0.2, -0.15) is 0 Å². The number of ketones is 1. The van der Waals surface area contributed by atoms with Crippen LogP contribution in [-0.2, 0) is 9.59 Å². The van der Waals surface area contributed by atoms with E-state index in [-0.39, 0.29) is 11.3 Å². The van der Waals surface area contributed by atoms with Crippen LogP contribution in [0.4, 0.5) is 5.69 Å². The molecule has 1 aliphatic rings. The number of aliphatic hydroxyl groups is 1. The standard InChI is InChI=1S/C28H29NO4S/c1-4-5-8-16-33-21-13-11-20(12-14-21)25(30)23-24(27-19(3)15-17-34-27)29(28(32)26(23)31)22-10-7-6-9-18(22)2/h6-7,9-15,17,24,30H,4-5,8,16H2,1-3H3/b25-23-. The van der Waals surface area contributed by atoms with Gasteiger partial charge in [0.05, 0.1) is 12.2 Å². The van der Waals surface area contributed by atoms with Gasteiger partial charge in [-0.15, -0.1) is 11.3 Å². The van der Waals surface area contributed by atoms with E-state index in [1.165, 1.54) is 16.2 Å². The second kappa shape index (κ2) is 10.3. The van der Waals surface area contributed by atoms with Gasteiger partial charge in [0.25, 0.3) is 11.7 Å². The van der Waals surface area contributed by atoms with Crippen LogP contribution in [0, 0.1) is 13.8 Å². The number of anilines is 1. The summed E-state index contributed by atoms with van der Waals surface area (Å²) < 4.78 is 5.76. The Balaban J connectivity index is 1.76. The minimum absolute atomic E-state index is 0.107. The second-order valence-electron chi connectivity index (χ2n) is 8.50. The summed E-state index contributed by atoms with van der Waals surface area (Å²) in [7, 11) is 0. The van der Waals surface area contributed by atoms with Crippen molar-refractivity contribution in [3.05, 3.63) is 87.1 Å². The largest absolute Gasteiger partial charge is 0.507 e. The van der Waals surface area contributed by atoms with Crippen molar-refractivity contribution in [3.63, 3.8) is 0 Å². The first kappa shape index (κ1) is 23.8. The van der Waals surface area contributed by atoms with E-state index in [0.29, 0.717) is 23.6 Å². The molecule has 1 atom stereocenters. The lowest BCUT2D eigenvalue weighted by atomic mass is 9.98. The van der Waals surface area contributed by atoms with Gasteiger partial charge in [-0.3, -0.25) is 14.5 Å². The number of para-hydroxylation sites is 1. The van der Waals surface area contributed by atoms with E-state index < -0.39 is 17.7 Å².